The minimum absolute atomic E-state index is 0.0460. The molecule has 6 heteroatoms. The van der Waals surface area contributed by atoms with Gasteiger partial charge in [-0.3, -0.25) is 9.59 Å². The first-order valence-electron chi connectivity index (χ1n) is 6.60. The molecule has 1 saturated heterocycles. The zero-order chi connectivity index (χ0) is 14.1. The van der Waals surface area contributed by atoms with Crippen molar-refractivity contribution in [2.45, 2.75) is 6.42 Å². The highest BCUT2D eigenvalue weighted by atomic mass is 16.6. The predicted molar refractivity (Wildman–Crippen MR) is 72.0 cm³/mol. The third kappa shape index (κ3) is 2.17. The minimum atomic E-state index is -0.291. The number of ether oxygens (including phenoxy) is 2. The Morgan fingerprint density at radius 2 is 2.05 bits per heavy atom. The van der Waals surface area contributed by atoms with Gasteiger partial charge in [0.05, 0.1) is 5.92 Å². The summed E-state index contributed by atoms with van der Waals surface area (Å²) in [5.74, 6) is 0.897. The summed E-state index contributed by atoms with van der Waals surface area (Å²) in [5.41, 5.74) is 0.741. The summed E-state index contributed by atoms with van der Waals surface area (Å²) in [5, 5.41) is 2.59. The molecule has 1 atom stereocenters. The minimum Gasteiger partial charge on any atom is -0.486 e. The largest absolute Gasteiger partial charge is 0.486 e. The van der Waals surface area contributed by atoms with Crippen molar-refractivity contribution in [1.82, 2.24) is 5.32 Å². The summed E-state index contributed by atoms with van der Waals surface area (Å²) in [6, 6.07) is 5.40. The van der Waals surface area contributed by atoms with E-state index < -0.39 is 0 Å². The van der Waals surface area contributed by atoms with Gasteiger partial charge in [-0.25, -0.2) is 0 Å². The number of carbonyl (C=O) groups is 2. The van der Waals surface area contributed by atoms with Crippen LogP contribution in [0.4, 0.5) is 5.69 Å². The second kappa shape index (κ2) is 5.03. The number of amides is 2. The molecule has 1 N–H and O–H groups in total. The smallest absolute Gasteiger partial charge is 0.227 e. The van der Waals surface area contributed by atoms with Crippen molar-refractivity contribution >= 4 is 17.5 Å². The lowest BCUT2D eigenvalue weighted by Gasteiger charge is -2.22. The molecule has 0 bridgehead atoms. The van der Waals surface area contributed by atoms with Crippen molar-refractivity contribution in [3.63, 3.8) is 0 Å². The maximum atomic E-state index is 12.0. The number of nitrogens with zero attached hydrogens (tertiary/aromatic N) is 1. The lowest BCUT2D eigenvalue weighted by atomic mass is 10.1. The summed E-state index contributed by atoms with van der Waals surface area (Å²) in [4.78, 5) is 25.3. The third-order valence-corrected chi connectivity index (χ3v) is 3.58. The van der Waals surface area contributed by atoms with E-state index in [0.29, 0.717) is 31.3 Å². The fourth-order valence-corrected chi connectivity index (χ4v) is 2.54. The van der Waals surface area contributed by atoms with Crippen LogP contribution in [0.2, 0.25) is 0 Å². The maximum absolute atomic E-state index is 12.0. The van der Waals surface area contributed by atoms with Crippen molar-refractivity contribution in [2.24, 2.45) is 5.92 Å². The van der Waals surface area contributed by atoms with Crippen LogP contribution < -0.4 is 19.7 Å². The maximum Gasteiger partial charge on any atom is 0.227 e. The van der Waals surface area contributed by atoms with Crippen LogP contribution in [0.5, 0.6) is 11.5 Å². The number of anilines is 1. The first-order valence-corrected chi connectivity index (χ1v) is 6.60. The lowest BCUT2D eigenvalue weighted by Crippen LogP contribution is -2.30. The van der Waals surface area contributed by atoms with E-state index in [0.717, 1.165) is 5.69 Å². The number of benzene rings is 1. The first kappa shape index (κ1) is 12.8. The topological polar surface area (TPSA) is 67.9 Å². The van der Waals surface area contributed by atoms with E-state index >= 15 is 0 Å². The van der Waals surface area contributed by atoms with E-state index in [1.54, 1.807) is 24.1 Å². The summed E-state index contributed by atoms with van der Waals surface area (Å²) >= 11 is 0. The van der Waals surface area contributed by atoms with Gasteiger partial charge in [0.15, 0.2) is 11.5 Å². The molecule has 20 heavy (non-hydrogen) atoms. The van der Waals surface area contributed by atoms with Gasteiger partial charge in [0.25, 0.3) is 0 Å². The van der Waals surface area contributed by atoms with E-state index in [1.807, 2.05) is 6.07 Å². The van der Waals surface area contributed by atoms with E-state index in [2.05, 4.69) is 5.32 Å². The Balaban J connectivity index is 1.82. The molecule has 0 aliphatic carbocycles. The van der Waals surface area contributed by atoms with Crippen LogP contribution in [-0.4, -0.2) is 38.6 Å². The van der Waals surface area contributed by atoms with Crippen LogP contribution in [0.1, 0.15) is 6.42 Å². The molecule has 2 aliphatic heterocycles. The second-order valence-corrected chi connectivity index (χ2v) is 4.85. The zero-order valence-electron chi connectivity index (χ0n) is 11.2. The molecule has 0 spiro atoms. The molecule has 6 nitrogen and oxygen atoms in total. The Labute approximate surface area is 116 Å². The van der Waals surface area contributed by atoms with Crippen molar-refractivity contribution in [2.75, 3.05) is 31.7 Å². The second-order valence-electron chi connectivity index (χ2n) is 4.85. The Hall–Kier alpha value is -2.24. The van der Waals surface area contributed by atoms with E-state index in [4.69, 9.17) is 9.47 Å². The fourth-order valence-electron chi connectivity index (χ4n) is 2.54. The van der Waals surface area contributed by atoms with Gasteiger partial charge in [-0.2, -0.15) is 0 Å². The van der Waals surface area contributed by atoms with Gasteiger partial charge in [-0.05, 0) is 12.1 Å². The highest BCUT2D eigenvalue weighted by molar-refractivity contribution is 6.00. The van der Waals surface area contributed by atoms with E-state index in [1.165, 1.54) is 0 Å². The SMILES string of the molecule is CNC(=O)[C@H]1CC(=O)N(c2ccc3c(c2)OCCO3)C1. The lowest BCUT2D eigenvalue weighted by molar-refractivity contribution is -0.125. The monoisotopic (exact) mass is 276 g/mol. The molecule has 106 valence electrons. The van der Waals surface area contributed by atoms with Crippen LogP contribution in [0.15, 0.2) is 18.2 Å². The highest BCUT2D eigenvalue weighted by Gasteiger charge is 2.35. The fraction of sp³-hybridized carbons (Fsp3) is 0.429. The first-order chi connectivity index (χ1) is 9.69. The summed E-state index contributed by atoms with van der Waals surface area (Å²) < 4.78 is 11.0. The molecule has 0 radical (unpaired) electrons. The van der Waals surface area contributed by atoms with Crippen LogP contribution in [0.3, 0.4) is 0 Å². The molecule has 2 aliphatic rings. The van der Waals surface area contributed by atoms with Gasteiger partial charge >= 0.3 is 0 Å². The quantitative estimate of drug-likeness (QED) is 0.857. The average Bonchev–Trinajstić information content (AvgIpc) is 2.88. The van der Waals surface area contributed by atoms with Gasteiger partial charge < -0.3 is 19.7 Å². The van der Waals surface area contributed by atoms with Gasteiger partial charge in [0.2, 0.25) is 11.8 Å². The van der Waals surface area contributed by atoms with Crippen LogP contribution in [0.25, 0.3) is 0 Å². The van der Waals surface area contributed by atoms with Crippen molar-refractivity contribution in [3.05, 3.63) is 18.2 Å². The zero-order valence-corrected chi connectivity index (χ0v) is 11.2. The molecule has 3 rings (SSSR count). The summed E-state index contributed by atoms with van der Waals surface area (Å²) in [6.07, 6.45) is 0.244. The van der Waals surface area contributed by atoms with E-state index in [9.17, 15) is 9.59 Å². The molecular weight excluding hydrogens is 260 g/mol. The van der Waals surface area contributed by atoms with Gasteiger partial charge in [0.1, 0.15) is 13.2 Å². The number of carbonyl (C=O) groups excluding carboxylic acids is 2. The number of hydrogen-bond donors (Lipinski definition) is 1. The van der Waals surface area contributed by atoms with E-state index in [-0.39, 0.29) is 24.2 Å². The number of fused-ring (bicyclic) bond motifs is 1. The van der Waals surface area contributed by atoms with Crippen LogP contribution in [-0.2, 0) is 9.59 Å². The average molecular weight is 276 g/mol. The van der Waals surface area contributed by atoms with Gasteiger partial charge in [-0.1, -0.05) is 0 Å². The molecule has 0 aromatic heterocycles. The van der Waals surface area contributed by atoms with Crippen molar-refractivity contribution in [3.8, 4) is 11.5 Å². The number of rotatable bonds is 2. The Morgan fingerprint density at radius 3 is 2.80 bits per heavy atom. The third-order valence-electron chi connectivity index (χ3n) is 3.58. The predicted octanol–water partition coefficient (Wildman–Crippen LogP) is 0.557. The number of nitrogens with one attached hydrogen (secondary N) is 1. The summed E-state index contributed by atoms with van der Waals surface area (Å²) in [7, 11) is 1.58. The summed E-state index contributed by atoms with van der Waals surface area (Å²) in [6.45, 7) is 1.44. The van der Waals surface area contributed by atoms with Crippen LogP contribution >= 0.6 is 0 Å². The highest BCUT2D eigenvalue weighted by Crippen LogP contribution is 2.35. The molecule has 1 aromatic carbocycles. The van der Waals surface area contributed by atoms with Crippen molar-refractivity contribution < 1.29 is 19.1 Å². The molecule has 0 unspecified atom stereocenters. The molecular formula is C14H16N2O4. The molecule has 2 amide bonds. The Bertz CT molecular complexity index is 558. The Morgan fingerprint density at radius 1 is 1.30 bits per heavy atom. The molecule has 1 aromatic rings. The molecule has 1 fully saturated rings. The van der Waals surface area contributed by atoms with Gasteiger partial charge in [-0.15, -0.1) is 0 Å². The number of hydrogen-bond acceptors (Lipinski definition) is 4. The van der Waals surface area contributed by atoms with Crippen LogP contribution in [0, 0.1) is 5.92 Å². The van der Waals surface area contributed by atoms with Gasteiger partial charge in [0, 0.05) is 31.8 Å². The van der Waals surface area contributed by atoms with Crippen molar-refractivity contribution in [1.29, 1.82) is 0 Å². The molecule has 0 saturated carbocycles. The Kier molecular flexibility index (Phi) is 3.22. The normalized spacial score (nSPS) is 20.9. The molecule has 2 heterocycles. The standard InChI is InChI=1S/C14H16N2O4/c1-15-14(18)9-6-13(17)16(8-9)10-2-3-11-12(7-10)20-5-4-19-11/h2-3,7,9H,4-6,8H2,1H3,(H,15,18)/t9-/m0/s1.